The number of imidazole rings is 2. The van der Waals surface area contributed by atoms with Gasteiger partial charge in [0.1, 0.15) is 7.05 Å². The molecule has 1 atom stereocenters. The van der Waals surface area contributed by atoms with Crippen molar-refractivity contribution in [2.75, 3.05) is 0 Å². The van der Waals surface area contributed by atoms with E-state index in [2.05, 4.69) is 76.2 Å². The van der Waals surface area contributed by atoms with E-state index in [-0.39, 0.29) is 0 Å². The first-order chi connectivity index (χ1) is 13.7. The maximum atomic E-state index is 5.09. The lowest BCUT2D eigenvalue weighted by atomic mass is 9.81. The van der Waals surface area contributed by atoms with Crippen LogP contribution in [0.3, 0.4) is 0 Å². The summed E-state index contributed by atoms with van der Waals surface area (Å²) in [6, 6.07) is 15.8. The van der Waals surface area contributed by atoms with Crippen LogP contribution in [0.15, 0.2) is 48.7 Å². The maximum absolute atomic E-state index is 5.09. The third kappa shape index (κ3) is 1.55. The molecule has 0 radical (unpaired) electrons. The van der Waals surface area contributed by atoms with Crippen LogP contribution in [0.2, 0.25) is 0 Å². The van der Waals surface area contributed by atoms with Crippen LogP contribution in [-0.4, -0.2) is 14.0 Å². The number of pyridine rings is 1. The van der Waals surface area contributed by atoms with Gasteiger partial charge in [-0.2, -0.15) is 0 Å². The van der Waals surface area contributed by atoms with Gasteiger partial charge in [-0.1, -0.05) is 18.2 Å². The summed E-state index contributed by atoms with van der Waals surface area (Å²) >= 11 is 0. The Balaban J connectivity index is 1.79. The standard InChI is InChI=1S/C24H21N4/c1-14-10-11-19-22-20(14)23-21-15(12-13-26(23)2)6-5-9-18(21)28(22)24-25-16-7-3-4-8-17(16)27(19)24/h3-4,7-8,10-13,18H,5-6,9H2,1-2H3/q+1. The molecule has 3 aromatic heterocycles. The number of fused-ring (bicyclic) bond motifs is 7. The molecule has 0 fully saturated rings. The minimum Gasteiger partial charge on any atom is -0.301 e. The van der Waals surface area contributed by atoms with Crippen molar-refractivity contribution in [3.63, 3.8) is 0 Å². The highest BCUT2D eigenvalue weighted by Crippen LogP contribution is 2.48. The van der Waals surface area contributed by atoms with Crippen LogP contribution in [0.4, 0.5) is 0 Å². The third-order valence-electron chi connectivity index (χ3n) is 6.86. The van der Waals surface area contributed by atoms with Gasteiger partial charge in [-0.15, -0.1) is 0 Å². The predicted octanol–water partition coefficient (Wildman–Crippen LogP) is 4.48. The van der Waals surface area contributed by atoms with Gasteiger partial charge in [0.05, 0.1) is 39.2 Å². The summed E-state index contributed by atoms with van der Waals surface area (Å²) in [6.45, 7) is 2.25. The average molecular weight is 365 g/mol. The number of para-hydroxylation sites is 2. The summed E-state index contributed by atoms with van der Waals surface area (Å²) in [5.41, 5.74) is 12.0. The van der Waals surface area contributed by atoms with Gasteiger partial charge in [-0.05, 0) is 55.5 Å². The molecule has 0 amide bonds. The van der Waals surface area contributed by atoms with Crippen LogP contribution in [0.1, 0.15) is 35.6 Å². The van der Waals surface area contributed by atoms with Crippen LogP contribution in [0.25, 0.3) is 39.1 Å². The van der Waals surface area contributed by atoms with Gasteiger partial charge in [0, 0.05) is 6.07 Å². The molecule has 7 rings (SSSR count). The number of aryl methyl sites for hydroxylation is 3. The number of rotatable bonds is 0. The molecular weight excluding hydrogens is 344 g/mol. The summed E-state index contributed by atoms with van der Waals surface area (Å²) in [5, 5.41) is 0. The monoisotopic (exact) mass is 365 g/mol. The van der Waals surface area contributed by atoms with Gasteiger partial charge in [0.15, 0.2) is 6.20 Å². The van der Waals surface area contributed by atoms with Gasteiger partial charge in [0.25, 0.3) is 0 Å². The molecule has 4 heteroatoms. The normalized spacial score (nSPS) is 17.6. The van der Waals surface area contributed by atoms with E-state index < -0.39 is 0 Å². The van der Waals surface area contributed by atoms with Gasteiger partial charge in [0.2, 0.25) is 11.5 Å². The lowest BCUT2D eigenvalue weighted by molar-refractivity contribution is -0.661. The minimum atomic E-state index is 0.372. The number of hydrogen-bond donors (Lipinski definition) is 0. The molecule has 0 saturated carbocycles. The van der Waals surface area contributed by atoms with E-state index in [9.17, 15) is 0 Å². The van der Waals surface area contributed by atoms with Crippen molar-refractivity contribution < 1.29 is 4.57 Å². The summed E-state index contributed by atoms with van der Waals surface area (Å²) in [5.74, 6) is 1.08. The van der Waals surface area contributed by atoms with Crippen molar-refractivity contribution in [2.24, 2.45) is 7.05 Å². The molecule has 1 unspecified atom stereocenters. The number of benzene rings is 2. The molecule has 0 N–H and O–H groups in total. The van der Waals surface area contributed by atoms with E-state index in [0.29, 0.717) is 6.04 Å². The SMILES string of the molecule is Cc1ccc2c3c1-c1c4c(cc[n+]1C)CCCC4n3c1nc3ccccc3n21. The van der Waals surface area contributed by atoms with E-state index in [1.807, 2.05) is 0 Å². The van der Waals surface area contributed by atoms with E-state index in [1.54, 1.807) is 0 Å². The first-order valence-corrected chi connectivity index (χ1v) is 10.2. The molecule has 0 saturated heterocycles. The van der Waals surface area contributed by atoms with E-state index in [1.165, 1.54) is 63.8 Å². The van der Waals surface area contributed by atoms with Crippen molar-refractivity contribution in [3.8, 4) is 11.3 Å². The third-order valence-corrected chi connectivity index (χ3v) is 6.86. The molecule has 0 spiro atoms. The minimum absolute atomic E-state index is 0.372. The topological polar surface area (TPSA) is 26.1 Å². The predicted molar refractivity (Wildman–Crippen MR) is 111 cm³/mol. The van der Waals surface area contributed by atoms with Crippen LogP contribution in [0, 0.1) is 6.92 Å². The Morgan fingerprint density at radius 1 is 1.07 bits per heavy atom. The molecule has 28 heavy (non-hydrogen) atoms. The summed E-state index contributed by atoms with van der Waals surface area (Å²) in [4.78, 5) is 5.09. The largest absolute Gasteiger partial charge is 0.301 e. The van der Waals surface area contributed by atoms with Crippen LogP contribution >= 0.6 is 0 Å². The molecular formula is C24H21N4+. The molecule has 136 valence electrons. The molecule has 5 aromatic rings. The second-order valence-electron chi connectivity index (χ2n) is 8.35. The van der Waals surface area contributed by atoms with Crippen LogP contribution < -0.4 is 4.57 Å². The summed E-state index contributed by atoms with van der Waals surface area (Å²) in [7, 11) is 2.19. The Bertz CT molecular complexity index is 1470. The average Bonchev–Trinajstić information content (AvgIpc) is 3.24. The first kappa shape index (κ1) is 14.9. The second-order valence-corrected chi connectivity index (χ2v) is 8.35. The molecule has 2 aromatic carbocycles. The van der Waals surface area contributed by atoms with Crippen molar-refractivity contribution in [2.45, 2.75) is 32.2 Å². The van der Waals surface area contributed by atoms with Crippen molar-refractivity contribution in [3.05, 3.63) is 65.4 Å². The van der Waals surface area contributed by atoms with Gasteiger partial charge in [-0.25, -0.2) is 9.55 Å². The zero-order chi connectivity index (χ0) is 18.6. The molecule has 1 aliphatic heterocycles. The van der Waals surface area contributed by atoms with Crippen molar-refractivity contribution >= 4 is 27.8 Å². The fraction of sp³-hybridized carbons (Fsp3) is 0.250. The Kier molecular flexibility index (Phi) is 2.56. The second kappa shape index (κ2) is 4.82. The quantitative estimate of drug-likeness (QED) is 0.372. The van der Waals surface area contributed by atoms with Gasteiger partial charge in [-0.3, -0.25) is 4.40 Å². The molecule has 4 nitrogen and oxygen atoms in total. The Labute approximate surface area is 162 Å². The molecule has 1 aliphatic carbocycles. The zero-order valence-electron chi connectivity index (χ0n) is 16.1. The lowest BCUT2D eigenvalue weighted by Gasteiger charge is -2.32. The Hall–Kier alpha value is -3.14. The zero-order valence-corrected chi connectivity index (χ0v) is 16.1. The summed E-state index contributed by atoms with van der Waals surface area (Å²) in [6.07, 6.45) is 5.84. The smallest absolute Gasteiger partial charge is 0.220 e. The molecule has 2 aliphatic rings. The first-order valence-electron chi connectivity index (χ1n) is 10.2. The van der Waals surface area contributed by atoms with Crippen LogP contribution in [0.5, 0.6) is 0 Å². The fourth-order valence-electron chi connectivity index (χ4n) is 5.71. The lowest BCUT2D eigenvalue weighted by Crippen LogP contribution is -2.37. The fourth-order valence-corrected chi connectivity index (χ4v) is 5.71. The Morgan fingerprint density at radius 2 is 1.96 bits per heavy atom. The molecule has 4 heterocycles. The van der Waals surface area contributed by atoms with E-state index in [4.69, 9.17) is 4.98 Å². The van der Waals surface area contributed by atoms with Gasteiger partial charge >= 0.3 is 0 Å². The van der Waals surface area contributed by atoms with E-state index >= 15 is 0 Å². The highest BCUT2D eigenvalue weighted by Gasteiger charge is 2.39. The number of aromatic nitrogens is 4. The van der Waals surface area contributed by atoms with E-state index in [0.717, 1.165) is 11.3 Å². The number of hydrogen-bond acceptors (Lipinski definition) is 1. The van der Waals surface area contributed by atoms with Gasteiger partial charge < -0.3 is 4.57 Å². The highest BCUT2D eigenvalue weighted by atomic mass is 15.2. The number of nitrogens with zero attached hydrogens (tertiary/aromatic N) is 4. The van der Waals surface area contributed by atoms with Crippen LogP contribution in [-0.2, 0) is 13.5 Å². The maximum Gasteiger partial charge on any atom is 0.220 e. The van der Waals surface area contributed by atoms with Crippen molar-refractivity contribution in [1.82, 2.24) is 14.0 Å². The summed E-state index contributed by atoms with van der Waals surface area (Å²) < 4.78 is 7.24. The molecule has 0 bridgehead atoms. The van der Waals surface area contributed by atoms with Crippen molar-refractivity contribution in [1.29, 1.82) is 0 Å². The highest BCUT2D eigenvalue weighted by molar-refractivity contribution is 6.01. The Morgan fingerprint density at radius 3 is 2.89 bits per heavy atom.